The summed E-state index contributed by atoms with van der Waals surface area (Å²) in [5.74, 6) is 1.13. The molecule has 0 unspecified atom stereocenters. The molecule has 1 N–H and O–H groups in total. The molecule has 0 atom stereocenters. The van der Waals surface area contributed by atoms with Crippen molar-refractivity contribution in [2.75, 3.05) is 33.3 Å². The average Bonchev–Trinajstić information content (AvgIpc) is 2.61. The van der Waals surface area contributed by atoms with E-state index in [1.165, 1.54) is 5.56 Å². The third-order valence-electron chi connectivity index (χ3n) is 3.54. The van der Waals surface area contributed by atoms with Gasteiger partial charge in [0.1, 0.15) is 5.75 Å². The van der Waals surface area contributed by atoms with Gasteiger partial charge in [0, 0.05) is 13.1 Å². The van der Waals surface area contributed by atoms with Crippen LogP contribution in [0.5, 0.6) is 5.75 Å². The van der Waals surface area contributed by atoms with Crippen LogP contribution in [-0.4, -0.2) is 44.1 Å². The number of ether oxygens (including phenoxy) is 1. The largest absolute Gasteiger partial charge is 0.496 e. The molecule has 1 heterocycles. The maximum Gasteiger partial charge on any atom is 0.236 e. The van der Waals surface area contributed by atoms with Crippen LogP contribution < -0.4 is 10.1 Å². The summed E-state index contributed by atoms with van der Waals surface area (Å²) >= 11 is 0. The van der Waals surface area contributed by atoms with Crippen molar-refractivity contribution in [3.05, 3.63) is 29.3 Å². The van der Waals surface area contributed by atoms with Gasteiger partial charge in [0.25, 0.3) is 0 Å². The minimum absolute atomic E-state index is 0.211. The third-order valence-corrected chi connectivity index (χ3v) is 3.54. The number of carbonyl (C=O) groups excluding carboxylic acids is 1. The van der Waals surface area contributed by atoms with Crippen LogP contribution in [0.2, 0.25) is 0 Å². The lowest BCUT2D eigenvalue weighted by Crippen LogP contribution is -2.36. The van der Waals surface area contributed by atoms with E-state index in [0.29, 0.717) is 6.54 Å². The highest BCUT2D eigenvalue weighted by atomic mass is 16.5. The molecule has 0 radical (unpaired) electrons. The molecule has 4 heteroatoms. The van der Waals surface area contributed by atoms with Gasteiger partial charge in [-0.25, -0.2) is 0 Å². The zero-order valence-electron chi connectivity index (χ0n) is 11.7. The fourth-order valence-electron chi connectivity index (χ4n) is 2.42. The van der Waals surface area contributed by atoms with E-state index in [-0.39, 0.29) is 5.91 Å². The Morgan fingerprint density at radius 3 is 3.00 bits per heavy atom. The summed E-state index contributed by atoms with van der Waals surface area (Å²) in [5.41, 5.74) is 2.40. The molecular formula is C15H22N2O2. The lowest BCUT2D eigenvalue weighted by molar-refractivity contribution is -0.129. The van der Waals surface area contributed by atoms with Crippen molar-refractivity contribution in [3.8, 4) is 5.75 Å². The molecule has 1 aliphatic heterocycles. The first-order valence-corrected chi connectivity index (χ1v) is 6.82. The number of nitrogens with one attached hydrogen (secondary N) is 1. The Labute approximate surface area is 114 Å². The SMILES string of the molecule is COc1ccc(CCN2CCCNCC2=O)cc1C. The molecule has 0 aromatic heterocycles. The second-order valence-corrected chi connectivity index (χ2v) is 4.97. The van der Waals surface area contributed by atoms with Crippen LogP contribution in [0.3, 0.4) is 0 Å². The molecule has 0 spiro atoms. The van der Waals surface area contributed by atoms with Gasteiger partial charge in [-0.1, -0.05) is 12.1 Å². The maximum atomic E-state index is 11.8. The topological polar surface area (TPSA) is 41.6 Å². The molecule has 0 bridgehead atoms. The van der Waals surface area contributed by atoms with E-state index in [1.807, 2.05) is 17.9 Å². The number of aryl methyl sites for hydroxylation is 1. The van der Waals surface area contributed by atoms with Crippen LogP contribution in [0.1, 0.15) is 17.5 Å². The van der Waals surface area contributed by atoms with Crippen LogP contribution in [0.15, 0.2) is 18.2 Å². The lowest BCUT2D eigenvalue weighted by Gasteiger charge is -2.20. The number of carbonyl (C=O) groups is 1. The first-order valence-electron chi connectivity index (χ1n) is 6.82. The van der Waals surface area contributed by atoms with Crippen LogP contribution in [0.25, 0.3) is 0 Å². The van der Waals surface area contributed by atoms with Crippen molar-refractivity contribution in [2.24, 2.45) is 0 Å². The van der Waals surface area contributed by atoms with Gasteiger partial charge in [0.2, 0.25) is 5.91 Å². The zero-order chi connectivity index (χ0) is 13.7. The monoisotopic (exact) mass is 262 g/mol. The van der Waals surface area contributed by atoms with Gasteiger partial charge in [0.05, 0.1) is 13.7 Å². The highest BCUT2D eigenvalue weighted by Crippen LogP contribution is 2.18. The summed E-state index contributed by atoms with van der Waals surface area (Å²) in [6.45, 7) is 5.11. The number of benzene rings is 1. The van der Waals surface area contributed by atoms with E-state index in [0.717, 1.165) is 43.8 Å². The van der Waals surface area contributed by atoms with Crippen LogP contribution in [0.4, 0.5) is 0 Å². The summed E-state index contributed by atoms with van der Waals surface area (Å²) < 4.78 is 5.26. The molecule has 104 valence electrons. The second-order valence-electron chi connectivity index (χ2n) is 4.97. The number of hydrogen-bond donors (Lipinski definition) is 1. The lowest BCUT2D eigenvalue weighted by atomic mass is 10.1. The Morgan fingerprint density at radius 1 is 1.42 bits per heavy atom. The van der Waals surface area contributed by atoms with Gasteiger partial charge in [-0.15, -0.1) is 0 Å². The fraction of sp³-hybridized carbons (Fsp3) is 0.533. The molecule has 1 aromatic rings. The minimum atomic E-state index is 0.211. The number of hydrogen-bond acceptors (Lipinski definition) is 3. The van der Waals surface area contributed by atoms with E-state index in [4.69, 9.17) is 4.74 Å². The van der Waals surface area contributed by atoms with E-state index >= 15 is 0 Å². The number of rotatable bonds is 4. The first kappa shape index (κ1) is 13.9. The predicted octanol–water partition coefficient (Wildman–Crippen LogP) is 1.37. The van der Waals surface area contributed by atoms with Crippen molar-refractivity contribution in [1.29, 1.82) is 0 Å². The first-order chi connectivity index (χ1) is 9.20. The van der Waals surface area contributed by atoms with Crippen molar-refractivity contribution in [1.82, 2.24) is 10.2 Å². The highest BCUT2D eigenvalue weighted by molar-refractivity contribution is 5.78. The Bertz CT molecular complexity index is 446. The molecule has 4 nitrogen and oxygen atoms in total. The number of methoxy groups -OCH3 is 1. The third kappa shape index (κ3) is 3.70. The van der Waals surface area contributed by atoms with Crippen molar-refractivity contribution in [3.63, 3.8) is 0 Å². The predicted molar refractivity (Wildman–Crippen MR) is 75.5 cm³/mol. The van der Waals surface area contributed by atoms with Crippen LogP contribution >= 0.6 is 0 Å². The quantitative estimate of drug-likeness (QED) is 0.891. The molecule has 19 heavy (non-hydrogen) atoms. The molecule has 1 fully saturated rings. The second kappa shape index (κ2) is 6.57. The zero-order valence-corrected chi connectivity index (χ0v) is 11.7. The molecule has 0 aliphatic carbocycles. The highest BCUT2D eigenvalue weighted by Gasteiger charge is 2.15. The van der Waals surface area contributed by atoms with Crippen LogP contribution in [0, 0.1) is 6.92 Å². The number of amides is 1. The Morgan fingerprint density at radius 2 is 2.26 bits per heavy atom. The molecular weight excluding hydrogens is 240 g/mol. The molecule has 1 saturated heterocycles. The fourth-order valence-corrected chi connectivity index (χ4v) is 2.42. The normalized spacial score (nSPS) is 16.3. The minimum Gasteiger partial charge on any atom is -0.496 e. The van der Waals surface area contributed by atoms with Crippen LogP contribution in [-0.2, 0) is 11.2 Å². The standard InChI is InChI=1S/C15H22N2O2/c1-12-10-13(4-5-14(12)19-2)6-9-17-8-3-7-16-11-15(17)18/h4-5,10,16H,3,6-9,11H2,1-2H3. The van der Waals surface area contributed by atoms with Gasteiger partial charge >= 0.3 is 0 Å². The van der Waals surface area contributed by atoms with Crippen molar-refractivity contribution in [2.45, 2.75) is 19.8 Å². The summed E-state index contributed by atoms with van der Waals surface area (Å²) in [4.78, 5) is 13.8. The smallest absolute Gasteiger partial charge is 0.236 e. The van der Waals surface area contributed by atoms with E-state index < -0.39 is 0 Å². The van der Waals surface area contributed by atoms with Gasteiger partial charge < -0.3 is 15.0 Å². The summed E-state index contributed by atoms with van der Waals surface area (Å²) in [6.07, 6.45) is 1.93. The van der Waals surface area contributed by atoms with Crippen molar-refractivity contribution >= 4 is 5.91 Å². The van der Waals surface area contributed by atoms with E-state index in [9.17, 15) is 4.79 Å². The molecule has 0 saturated carbocycles. The van der Waals surface area contributed by atoms with Gasteiger partial charge in [-0.2, -0.15) is 0 Å². The Hall–Kier alpha value is -1.55. The summed E-state index contributed by atoms with van der Waals surface area (Å²) in [6, 6.07) is 6.21. The Balaban J connectivity index is 1.94. The number of nitrogens with zero attached hydrogens (tertiary/aromatic N) is 1. The van der Waals surface area contributed by atoms with Gasteiger partial charge in [0.15, 0.2) is 0 Å². The molecule has 1 aliphatic rings. The Kier molecular flexibility index (Phi) is 4.80. The molecule has 1 aromatic carbocycles. The van der Waals surface area contributed by atoms with Gasteiger partial charge in [-0.3, -0.25) is 4.79 Å². The van der Waals surface area contributed by atoms with E-state index in [2.05, 4.69) is 17.4 Å². The van der Waals surface area contributed by atoms with Gasteiger partial charge in [-0.05, 0) is 43.5 Å². The summed E-state index contributed by atoms with van der Waals surface area (Å²) in [5, 5.41) is 3.14. The van der Waals surface area contributed by atoms with Crippen molar-refractivity contribution < 1.29 is 9.53 Å². The molecule has 1 amide bonds. The summed E-state index contributed by atoms with van der Waals surface area (Å²) in [7, 11) is 1.69. The maximum absolute atomic E-state index is 11.8. The average molecular weight is 262 g/mol. The molecule has 2 rings (SSSR count). The van der Waals surface area contributed by atoms with E-state index in [1.54, 1.807) is 7.11 Å².